The molecular formula is C22H27FN2O4. The quantitative estimate of drug-likeness (QED) is 0.710. The zero-order valence-electron chi connectivity index (χ0n) is 17.6. The molecule has 0 spiro atoms. The molecule has 6 nitrogen and oxygen atoms in total. The number of hydrogen-bond donors (Lipinski definition) is 1. The summed E-state index contributed by atoms with van der Waals surface area (Å²) >= 11 is 0. The third-order valence-electron chi connectivity index (χ3n) is 3.91. The van der Waals surface area contributed by atoms with Crippen molar-refractivity contribution in [3.05, 3.63) is 58.7 Å². The van der Waals surface area contributed by atoms with Crippen LogP contribution in [0.1, 0.15) is 61.8 Å². The van der Waals surface area contributed by atoms with E-state index >= 15 is 0 Å². The summed E-state index contributed by atoms with van der Waals surface area (Å²) in [5.41, 5.74) is 1.86. The lowest BCUT2D eigenvalue weighted by Gasteiger charge is -2.21. The van der Waals surface area contributed by atoms with E-state index in [4.69, 9.17) is 9.47 Å². The van der Waals surface area contributed by atoms with E-state index in [1.54, 1.807) is 59.9 Å². The van der Waals surface area contributed by atoms with Crippen LogP contribution in [0.4, 0.5) is 14.9 Å². The highest BCUT2D eigenvalue weighted by Crippen LogP contribution is 2.26. The number of anilines is 1. The van der Waals surface area contributed by atoms with Crippen molar-refractivity contribution in [1.29, 1.82) is 0 Å². The van der Waals surface area contributed by atoms with Crippen molar-refractivity contribution >= 4 is 17.7 Å². The molecule has 0 saturated heterocycles. The van der Waals surface area contributed by atoms with E-state index in [1.165, 1.54) is 12.1 Å². The Labute approximate surface area is 170 Å². The number of carbonyl (C=O) groups excluding carboxylic acids is 2. The average molecular weight is 402 g/mol. The third kappa shape index (κ3) is 6.55. The summed E-state index contributed by atoms with van der Waals surface area (Å²) in [6.45, 7) is 10.5. The van der Waals surface area contributed by atoms with Gasteiger partial charge < -0.3 is 9.47 Å². The first-order chi connectivity index (χ1) is 13.5. The van der Waals surface area contributed by atoms with Crippen molar-refractivity contribution in [3.8, 4) is 0 Å². The topological polar surface area (TPSA) is 77.5 Å². The number of esters is 1. The minimum Gasteiger partial charge on any atom is -0.458 e. The Morgan fingerprint density at radius 3 is 2.34 bits per heavy atom. The van der Waals surface area contributed by atoms with Gasteiger partial charge in [0.15, 0.2) is 5.69 Å². The molecule has 2 aromatic rings. The van der Waals surface area contributed by atoms with Crippen molar-refractivity contribution in [1.82, 2.24) is 4.98 Å². The number of nitrogens with one attached hydrogen (secondary N) is 1. The lowest BCUT2D eigenvalue weighted by molar-refractivity contribution is 0.0372. The van der Waals surface area contributed by atoms with Gasteiger partial charge in [0.25, 0.3) is 0 Å². The third-order valence-corrected chi connectivity index (χ3v) is 3.91. The van der Waals surface area contributed by atoms with Crippen LogP contribution in [0.2, 0.25) is 0 Å². The van der Waals surface area contributed by atoms with Gasteiger partial charge in [-0.15, -0.1) is 0 Å². The number of aromatic nitrogens is 1. The molecule has 7 heteroatoms. The highest BCUT2D eigenvalue weighted by molar-refractivity contribution is 5.99. The Bertz CT molecular complexity index is 887. The Morgan fingerprint density at radius 1 is 1.17 bits per heavy atom. The fourth-order valence-corrected chi connectivity index (χ4v) is 2.63. The van der Waals surface area contributed by atoms with Crippen LogP contribution < -0.4 is 5.32 Å². The Hall–Kier alpha value is -2.96. The number of hydrogen-bond acceptors (Lipinski definition) is 5. The maximum atomic E-state index is 13.2. The van der Waals surface area contributed by atoms with Crippen molar-refractivity contribution in [3.63, 3.8) is 0 Å². The average Bonchev–Trinajstić information content (AvgIpc) is 2.58. The number of nitrogens with zero attached hydrogens (tertiary/aromatic N) is 1. The number of pyridine rings is 1. The van der Waals surface area contributed by atoms with Gasteiger partial charge in [-0.2, -0.15) is 0 Å². The van der Waals surface area contributed by atoms with E-state index in [1.807, 2.05) is 0 Å². The summed E-state index contributed by atoms with van der Waals surface area (Å²) in [6, 6.07) is 6.12. The minimum absolute atomic E-state index is 0.00455. The molecule has 0 aliphatic rings. The molecule has 0 bridgehead atoms. The summed E-state index contributed by atoms with van der Waals surface area (Å²) in [5.74, 6) is -0.954. The fraction of sp³-hybridized carbons (Fsp3) is 0.409. The second kappa shape index (κ2) is 9.03. The molecule has 0 aliphatic carbocycles. The normalized spacial score (nSPS) is 11.3. The summed E-state index contributed by atoms with van der Waals surface area (Å²) in [4.78, 5) is 29.0. The first-order valence-electron chi connectivity index (χ1n) is 9.40. The van der Waals surface area contributed by atoms with Crippen LogP contribution in [0.15, 0.2) is 30.5 Å². The molecule has 0 radical (unpaired) electrons. The monoisotopic (exact) mass is 402 g/mol. The summed E-state index contributed by atoms with van der Waals surface area (Å²) < 4.78 is 23.7. The maximum absolute atomic E-state index is 13.2. The summed E-state index contributed by atoms with van der Waals surface area (Å²) in [7, 11) is 0. The highest BCUT2D eigenvalue weighted by atomic mass is 19.1. The molecule has 1 heterocycles. The number of amides is 1. The second-order valence-corrected chi connectivity index (χ2v) is 8.02. The molecule has 1 aromatic carbocycles. The van der Waals surface area contributed by atoms with Crippen LogP contribution >= 0.6 is 0 Å². The molecule has 0 aliphatic heterocycles. The van der Waals surface area contributed by atoms with Gasteiger partial charge in [0.1, 0.15) is 11.4 Å². The van der Waals surface area contributed by atoms with E-state index in [0.717, 1.165) is 11.1 Å². The van der Waals surface area contributed by atoms with Gasteiger partial charge in [-0.3, -0.25) is 5.32 Å². The number of ether oxygens (including phenoxy) is 2. The van der Waals surface area contributed by atoms with E-state index in [2.05, 4.69) is 10.3 Å². The van der Waals surface area contributed by atoms with Crippen molar-refractivity contribution in [2.75, 3.05) is 5.32 Å². The van der Waals surface area contributed by atoms with Gasteiger partial charge in [0.2, 0.25) is 0 Å². The lowest BCUT2D eigenvalue weighted by atomic mass is 10.00. The van der Waals surface area contributed by atoms with Crippen LogP contribution in [0, 0.1) is 12.7 Å². The number of halogens is 1. The van der Waals surface area contributed by atoms with E-state index in [9.17, 15) is 14.0 Å². The van der Waals surface area contributed by atoms with E-state index in [0.29, 0.717) is 12.0 Å². The summed E-state index contributed by atoms with van der Waals surface area (Å²) in [5, 5.41) is 2.64. The first-order valence-corrected chi connectivity index (χ1v) is 9.40. The Morgan fingerprint density at radius 2 is 1.79 bits per heavy atom. The zero-order valence-corrected chi connectivity index (χ0v) is 17.6. The molecule has 1 N–H and O–H groups in total. The standard InChI is InChI=1S/C22H27FN2O4/c1-13(2)28-20(26)19-18(25-21(27)29-22(4,5)6)14(3)16(12-24-19)11-15-7-9-17(23)10-8-15/h7-10,12-13H,11H2,1-6H3,(H,25,27). The van der Waals surface area contributed by atoms with Gasteiger partial charge in [0.05, 0.1) is 11.8 Å². The smallest absolute Gasteiger partial charge is 0.412 e. The zero-order chi connectivity index (χ0) is 21.8. The van der Waals surface area contributed by atoms with E-state index < -0.39 is 17.7 Å². The molecule has 156 valence electrons. The van der Waals surface area contributed by atoms with Gasteiger partial charge >= 0.3 is 12.1 Å². The lowest BCUT2D eigenvalue weighted by Crippen LogP contribution is -2.28. The van der Waals surface area contributed by atoms with Crippen LogP contribution in [-0.2, 0) is 15.9 Å². The molecule has 0 fully saturated rings. The van der Waals surface area contributed by atoms with Crippen molar-refractivity contribution in [2.45, 2.75) is 59.7 Å². The van der Waals surface area contributed by atoms with Crippen LogP contribution in [-0.4, -0.2) is 28.8 Å². The van der Waals surface area contributed by atoms with E-state index in [-0.39, 0.29) is 23.3 Å². The molecular weight excluding hydrogens is 375 g/mol. The molecule has 0 saturated carbocycles. The molecule has 0 unspecified atom stereocenters. The molecule has 29 heavy (non-hydrogen) atoms. The minimum atomic E-state index is -0.699. The highest BCUT2D eigenvalue weighted by Gasteiger charge is 2.24. The predicted octanol–water partition coefficient (Wildman–Crippen LogP) is 5.03. The van der Waals surface area contributed by atoms with Crippen LogP contribution in [0.3, 0.4) is 0 Å². The molecule has 0 atom stereocenters. The maximum Gasteiger partial charge on any atom is 0.412 e. The van der Waals surface area contributed by atoms with Crippen LogP contribution in [0.5, 0.6) is 0 Å². The molecule has 1 amide bonds. The Kier molecular flexibility index (Phi) is 6.95. The Balaban J connectivity index is 2.41. The van der Waals surface area contributed by atoms with Gasteiger partial charge in [-0.05, 0) is 76.8 Å². The summed E-state index contributed by atoms with van der Waals surface area (Å²) in [6.07, 6.45) is 0.995. The molecule has 1 aromatic heterocycles. The van der Waals surface area contributed by atoms with Gasteiger partial charge in [-0.25, -0.2) is 19.0 Å². The van der Waals surface area contributed by atoms with Gasteiger partial charge in [0, 0.05) is 6.20 Å². The predicted molar refractivity (Wildman–Crippen MR) is 109 cm³/mol. The fourth-order valence-electron chi connectivity index (χ4n) is 2.63. The van der Waals surface area contributed by atoms with Gasteiger partial charge in [-0.1, -0.05) is 12.1 Å². The van der Waals surface area contributed by atoms with Crippen molar-refractivity contribution in [2.24, 2.45) is 0 Å². The number of rotatable bonds is 5. The van der Waals surface area contributed by atoms with Crippen molar-refractivity contribution < 1.29 is 23.5 Å². The van der Waals surface area contributed by atoms with Crippen LogP contribution in [0.25, 0.3) is 0 Å². The largest absolute Gasteiger partial charge is 0.458 e. The second-order valence-electron chi connectivity index (χ2n) is 8.02. The first kappa shape index (κ1) is 22.3. The SMILES string of the molecule is Cc1c(Cc2ccc(F)cc2)cnc(C(=O)OC(C)C)c1NC(=O)OC(C)(C)C. The number of benzene rings is 1. The number of carbonyl (C=O) groups is 2. The molecule has 2 rings (SSSR count).